The Bertz CT molecular complexity index is 219. The molecule has 1 unspecified atom stereocenters. The molecule has 17 heavy (non-hydrogen) atoms. The van der Waals surface area contributed by atoms with Gasteiger partial charge in [-0.15, -0.1) is 0 Å². The summed E-state index contributed by atoms with van der Waals surface area (Å²) in [5.41, 5.74) is 0. The van der Waals surface area contributed by atoms with Crippen molar-refractivity contribution in [2.45, 2.75) is 18.9 Å². The SMILES string of the molecule is CN1CCNC(CN(C)CC2CCOCC2)C1. The van der Waals surface area contributed by atoms with Crippen LogP contribution < -0.4 is 5.32 Å². The molecule has 2 aliphatic rings. The third-order valence-electron chi connectivity index (χ3n) is 3.90. The summed E-state index contributed by atoms with van der Waals surface area (Å²) in [4.78, 5) is 4.91. The van der Waals surface area contributed by atoms with Gasteiger partial charge in [0, 0.05) is 52.0 Å². The zero-order chi connectivity index (χ0) is 12.1. The van der Waals surface area contributed by atoms with Crippen molar-refractivity contribution in [1.82, 2.24) is 15.1 Å². The molecule has 0 aromatic carbocycles. The van der Waals surface area contributed by atoms with E-state index in [2.05, 4.69) is 29.2 Å². The van der Waals surface area contributed by atoms with Crippen LogP contribution >= 0.6 is 0 Å². The molecule has 0 amide bonds. The molecule has 0 aromatic rings. The Balaban J connectivity index is 1.66. The summed E-state index contributed by atoms with van der Waals surface area (Å²) < 4.78 is 5.41. The number of piperazine rings is 1. The number of hydrogen-bond acceptors (Lipinski definition) is 4. The van der Waals surface area contributed by atoms with Gasteiger partial charge in [-0.25, -0.2) is 0 Å². The Hall–Kier alpha value is -0.160. The summed E-state index contributed by atoms with van der Waals surface area (Å²) in [7, 11) is 4.47. The molecule has 2 heterocycles. The summed E-state index contributed by atoms with van der Waals surface area (Å²) in [6.07, 6.45) is 2.48. The van der Waals surface area contributed by atoms with Crippen molar-refractivity contribution in [2.24, 2.45) is 5.92 Å². The number of rotatable bonds is 4. The molecule has 0 spiro atoms. The predicted octanol–water partition coefficient (Wildman–Crippen LogP) is 0.248. The zero-order valence-electron chi connectivity index (χ0n) is 11.3. The molecule has 4 heteroatoms. The zero-order valence-corrected chi connectivity index (χ0v) is 11.3. The second-order valence-electron chi connectivity index (χ2n) is 5.69. The lowest BCUT2D eigenvalue weighted by Gasteiger charge is -2.35. The normalized spacial score (nSPS) is 28.8. The molecule has 0 saturated carbocycles. The van der Waals surface area contributed by atoms with Crippen LogP contribution in [-0.4, -0.2) is 75.9 Å². The van der Waals surface area contributed by atoms with E-state index in [1.54, 1.807) is 0 Å². The van der Waals surface area contributed by atoms with E-state index in [-0.39, 0.29) is 0 Å². The van der Waals surface area contributed by atoms with E-state index in [4.69, 9.17) is 4.74 Å². The second-order valence-corrected chi connectivity index (χ2v) is 5.69. The molecule has 0 aromatic heterocycles. The minimum atomic E-state index is 0.638. The fourth-order valence-electron chi connectivity index (χ4n) is 2.93. The Morgan fingerprint density at radius 2 is 2.06 bits per heavy atom. The molecular weight excluding hydrogens is 214 g/mol. The van der Waals surface area contributed by atoms with Crippen LogP contribution in [0.4, 0.5) is 0 Å². The van der Waals surface area contributed by atoms with Gasteiger partial charge in [-0.05, 0) is 32.9 Å². The van der Waals surface area contributed by atoms with Gasteiger partial charge in [-0.2, -0.15) is 0 Å². The highest BCUT2D eigenvalue weighted by Gasteiger charge is 2.20. The second kappa shape index (κ2) is 6.69. The van der Waals surface area contributed by atoms with Crippen molar-refractivity contribution in [2.75, 3.05) is 60.0 Å². The third-order valence-corrected chi connectivity index (χ3v) is 3.90. The number of nitrogens with one attached hydrogen (secondary N) is 1. The molecule has 4 nitrogen and oxygen atoms in total. The summed E-state index contributed by atoms with van der Waals surface area (Å²) in [6.45, 7) is 7.81. The first kappa shape index (κ1) is 13.3. The van der Waals surface area contributed by atoms with Crippen LogP contribution in [0, 0.1) is 5.92 Å². The maximum absolute atomic E-state index is 5.41. The van der Waals surface area contributed by atoms with Crippen molar-refractivity contribution in [3.63, 3.8) is 0 Å². The van der Waals surface area contributed by atoms with Crippen LogP contribution in [0.1, 0.15) is 12.8 Å². The lowest BCUT2D eigenvalue weighted by Crippen LogP contribution is -2.53. The average Bonchev–Trinajstić information content (AvgIpc) is 2.30. The third kappa shape index (κ3) is 4.54. The monoisotopic (exact) mass is 241 g/mol. The largest absolute Gasteiger partial charge is 0.381 e. The van der Waals surface area contributed by atoms with Gasteiger partial charge in [-0.1, -0.05) is 0 Å². The van der Waals surface area contributed by atoms with E-state index in [0.717, 1.165) is 25.7 Å². The van der Waals surface area contributed by atoms with Crippen molar-refractivity contribution < 1.29 is 4.74 Å². The Labute approximate surface area is 105 Å². The van der Waals surface area contributed by atoms with Crippen LogP contribution in [0.3, 0.4) is 0 Å². The van der Waals surface area contributed by atoms with Crippen LogP contribution in [-0.2, 0) is 4.74 Å². The van der Waals surface area contributed by atoms with Gasteiger partial charge in [-0.3, -0.25) is 0 Å². The molecular formula is C13H27N3O. The van der Waals surface area contributed by atoms with Gasteiger partial charge in [0.05, 0.1) is 0 Å². The lowest BCUT2D eigenvalue weighted by molar-refractivity contribution is 0.0536. The molecule has 1 atom stereocenters. The first-order valence-corrected chi connectivity index (χ1v) is 6.92. The number of hydrogen-bond donors (Lipinski definition) is 1. The van der Waals surface area contributed by atoms with Crippen LogP contribution in [0.15, 0.2) is 0 Å². The molecule has 1 N–H and O–H groups in total. The van der Waals surface area contributed by atoms with Gasteiger partial charge < -0.3 is 19.9 Å². The fraction of sp³-hybridized carbons (Fsp3) is 1.00. The van der Waals surface area contributed by atoms with E-state index < -0.39 is 0 Å². The minimum Gasteiger partial charge on any atom is -0.381 e. The standard InChI is InChI=1S/C13H27N3O/c1-15-6-5-14-13(10-15)11-16(2)9-12-3-7-17-8-4-12/h12-14H,3-11H2,1-2H3. The van der Waals surface area contributed by atoms with E-state index in [1.807, 2.05) is 0 Å². The van der Waals surface area contributed by atoms with E-state index >= 15 is 0 Å². The average molecular weight is 241 g/mol. The predicted molar refractivity (Wildman–Crippen MR) is 70.3 cm³/mol. The molecule has 0 radical (unpaired) electrons. The van der Waals surface area contributed by atoms with Gasteiger partial charge in [0.15, 0.2) is 0 Å². The van der Waals surface area contributed by atoms with Gasteiger partial charge in [0.1, 0.15) is 0 Å². The Morgan fingerprint density at radius 3 is 2.76 bits per heavy atom. The maximum atomic E-state index is 5.41. The van der Waals surface area contributed by atoms with Gasteiger partial charge in [0.25, 0.3) is 0 Å². The summed E-state index contributed by atoms with van der Waals surface area (Å²) in [6, 6.07) is 0.638. The van der Waals surface area contributed by atoms with Gasteiger partial charge >= 0.3 is 0 Å². The van der Waals surface area contributed by atoms with Crippen LogP contribution in [0.25, 0.3) is 0 Å². The number of likely N-dealkylation sites (N-methyl/N-ethyl adjacent to an activating group) is 2. The summed E-state index contributed by atoms with van der Waals surface area (Å²) in [5.74, 6) is 0.843. The first-order valence-electron chi connectivity index (χ1n) is 6.92. The van der Waals surface area contributed by atoms with Crippen molar-refractivity contribution in [3.8, 4) is 0 Å². The van der Waals surface area contributed by atoms with E-state index in [9.17, 15) is 0 Å². The van der Waals surface area contributed by atoms with Crippen molar-refractivity contribution in [3.05, 3.63) is 0 Å². The van der Waals surface area contributed by atoms with Crippen LogP contribution in [0.5, 0.6) is 0 Å². The quantitative estimate of drug-likeness (QED) is 0.763. The lowest BCUT2D eigenvalue weighted by atomic mass is 9.99. The minimum absolute atomic E-state index is 0.638. The summed E-state index contributed by atoms with van der Waals surface area (Å²) >= 11 is 0. The highest BCUT2D eigenvalue weighted by molar-refractivity contribution is 4.80. The summed E-state index contributed by atoms with van der Waals surface area (Å²) in [5, 5.41) is 3.61. The number of ether oxygens (including phenoxy) is 1. The molecule has 0 bridgehead atoms. The molecule has 2 rings (SSSR count). The molecule has 2 saturated heterocycles. The molecule has 2 aliphatic heterocycles. The van der Waals surface area contributed by atoms with Gasteiger partial charge in [0.2, 0.25) is 0 Å². The fourth-order valence-corrected chi connectivity index (χ4v) is 2.93. The van der Waals surface area contributed by atoms with Crippen LogP contribution in [0.2, 0.25) is 0 Å². The topological polar surface area (TPSA) is 27.7 Å². The number of nitrogens with zero attached hydrogens (tertiary/aromatic N) is 2. The smallest absolute Gasteiger partial charge is 0.0469 e. The van der Waals surface area contributed by atoms with Crippen molar-refractivity contribution in [1.29, 1.82) is 0 Å². The highest BCUT2D eigenvalue weighted by atomic mass is 16.5. The maximum Gasteiger partial charge on any atom is 0.0469 e. The Morgan fingerprint density at radius 1 is 1.29 bits per heavy atom. The Kier molecular flexibility index (Phi) is 5.22. The van der Waals surface area contributed by atoms with Crippen molar-refractivity contribution >= 4 is 0 Å². The molecule has 0 aliphatic carbocycles. The highest BCUT2D eigenvalue weighted by Crippen LogP contribution is 2.15. The van der Waals surface area contributed by atoms with E-state index in [0.29, 0.717) is 6.04 Å². The molecule has 100 valence electrons. The molecule has 2 fully saturated rings. The first-order chi connectivity index (χ1) is 8.24. The van der Waals surface area contributed by atoms with E-state index in [1.165, 1.54) is 39.0 Å².